The highest BCUT2D eigenvalue weighted by atomic mass is 31.1. The van der Waals surface area contributed by atoms with E-state index < -0.39 is 0 Å². The van der Waals surface area contributed by atoms with Crippen LogP contribution in [-0.2, 0) is 0 Å². The molecule has 0 aliphatic carbocycles. The summed E-state index contributed by atoms with van der Waals surface area (Å²) >= 11 is 0. The Kier molecular flexibility index (Phi) is 13.2. The van der Waals surface area contributed by atoms with Gasteiger partial charge in [-0.15, -0.1) is 7.92 Å². The molecule has 17 heavy (non-hydrogen) atoms. The molecule has 1 heteroatoms. The van der Waals surface area contributed by atoms with Gasteiger partial charge in [0.2, 0.25) is 0 Å². The third-order valence-electron chi connectivity index (χ3n) is 3.72. The van der Waals surface area contributed by atoms with Crippen LogP contribution in [0.1, 0.15) is 79.1 Å². The number of hydrogen-bond donors (Lipinski definition) is 0. The van der Waals surface area contributed by atoms with Gasteiger partial charge in [0.05, 0.1) is 0 Å². The fraction of sp³-hybridized carbons (Fsp3) is 1.00. The Bertz CT molecular complexity index is 136. The van der Waals surface area contributed by atoms with E-state index in [9.17, 15) is 0 Å². The molecule has 0 radical (unpaired) electrons. The zero-order valence-electron chi connectivity index (χ0n) is 12.8. The van der Waals surface area contributed by atoms with Crippen LogP contribution in [0, 0.1) is 5.92 Å². The highest BCUT2D eigenvalue weighted by Crippen LogP contribution is 2.41. The number of unbranched alkanes of at least 4 members (excludes halogenated alkanes) is 3. The summed E-state index contributed by atoms with van der Waals surface area (Å²) in [6.45, 7) is 9.39. The first-order valence-corrected chi connectivity index (χ1v) is 9.90. The van der Waals surface area contributed by atoms with Crippen LogP contribution in [0.3, 0.4) is 0 Å². The fourth-order valence-corrected chi connectivity index (χ4v) is 5.63. The molecule has 0 bridgehead atoms. The van der Waals surface area contributed by atoms with Crippen molar-refractivity contribution in [2.75, 3.05) is 18.5 Å². The van der Waals surface area contributed by atoms with E-state index in [1.165, 1.54) is 51.4 Å². The smallest absolute Gasteiger partial charge is 0.0297 e. The fourth-order valence-electron chi connectivity index (χ4n) is 2.34. The Balaban J connectivity index is 3.97. The number of hydrogen-bond acceptors (Lipinski definition) is 0. The molecule has 0 aromatic carbocycles. The summed E-state index contributed by atoms with van der Waals surface area (Å²) in [4.78, 5) is 0. The van der Waals surface area contributed by atoms with Crippen molar-refractivity contribution in [3.05, 3.63) is 0 Å². The van der Waals surface area contributed by atoms with Crippen molar-refractivity contribution in [2.45, 2.75) is 79.1 Å². The highest BCUT2D eigenvalue weighted by Gasteiger charge is 2.13. The Morgan fingerprint density at radius 1 is 0.765 bits per heavy atom. The average molecular weight is 258 g/mol. The SMILES string of the molecule is CCCCC(CC)CP(CCCC)CCCC. The first kappa shape index (κ1) is 17.4. The minimum atomic E-state index is 0.366. The molecule has 0 aliphatic rings. The van der Waals surface area contributed by atoms with Gasteiger partial charge < -0.3 is 0 Å². The van der Waals surface area contributed by atoms with Gasteiger partial charge in [-0.3, -0.25) is 0 Å². The second kappa shape index (κ2) is 12.9. The molecule has 0 spiro atoms. The minimum Gasteiger partial charge on any atom is -0.106 e. The Morgan fingerprint density at radius 3 is 1.71 bits per heavy atom. The topological polar surface area (TPSA) is 0 Å². The highest BCUT2D eigenvalue weighted by molar-refractivity contribution is 7.57. The summed E-state index contributed by atoms with van der Waals surface area (Å²) in [6, 6.07) is 0. The molecule has 0 saturated carbocycles. The van der Waals surface area contributed by atoms with E-state index >= 15 is 0 Å². The van der Waals surface area contributed by atoms with Gasteiger partial charge in [0, 0.05) is 0 Å². The molecule has 0 aromatic rings. The number of rotatable bonds is 12. The summed E-state index contributed by atoms with van der Waals surface area (Å²) in [7, 11) is 0.366. The van der Waals surface area contributed by atoms with Gasteiger partial charge in [0.1, 0.15) is 0 Å². The quantitative estimate of drug-likeness (QED) is 0.361. The third kappa shape index (κ3) is 10.1. The zero-order chi connectivity index (χ0) is 12.9. The second-order valence-corrected chi connectivity index (χ2v) is 8.03. The van der Waals surface area contributed by atoms with E-state index in [0.717, 1.165) is 5.92 Å². The van der Waals surface area contributed by atoms with Crippen molar-refractivity contribution in [3.63, 3.8) is 0 Å². The van der Waals surface area contributed by atoms with Gasteiger partial charge in [0.15, 0.2) is 0 Å². The first-order valence-electron chi connectivity index (χ1n) is 8.00. The van der Waals surface area contributed by atoms with Crippen LogP contribution in [0.4, 0.5) is 0 Å². The molecular formula is C16H35P. The van der Waals surface area contributed by atoms with Crippen LogP contribution in [0.15, 0.2) is 0 Å². The molecule has 0 amide bonds. The first-order chi connectivity index (χ1) is 8.28. The Hall–Kier alpha value is 0.430. The van der Waals surface area contributed by atoms with Crippen molar-refractivity contribution >= 4 is 7.92 Å². The Labute approximate surface area is 112 Å². The van der Waals surface area contributed by atoms with Crippen molar-refractivity contribution in [3.8, 4) is 0 Å². The van der Waals surface area contributed by atoms with Crippen molar-refractivity contribution in [1.82, 2.24) is 0 Å². The molecule has 0 rings (SSSR count). The molecule has 0 fully saturated rings. The summed E-state index contributed by atoms with van der Waals surface area (Å²) in [5.41, 5.74) is 0. The molecule has 1 unspecified atom stereocenters. The van der Waals surface area contributed by atoms with Crippen LogP contribution in [0.5, 0.6) is 0 Å². The molecule has 0 N–H and O–H groups in total. The van der Waals surface area contributed by atoms with E-state index in [1.807, 2.05) is 0 Å². The maximum atomic E-state index is 2.40. The standard InChI is InChI=1S/C16H35P/c1-5-9-12-16(8-4)15-17(13-10-6-2)14-11-7-3/h16H,5-15H2,1-4H3. The molecule has 0 saturated heterocycles. The molecule has 0 heterocycles. The van der Waals surface area contributed by atoms with E-state index in [4.69, 9.17) is 0 Å². The van der Waals surface area contributed by atoms with E-state index in [-0.39, 0.29) is 0 Å². The molecule has 104 valence electrons. The van der Waals surface area contributed by atoms with Crippen molar-refractivity contribution < 1.29 is 0 Å². The third-order valence-corrected chi connectivity index (χ3v) is 6.65. The summed E-state index contributed by atoms with van der Waals surface area (Å²) in [5.74, 6) is 1.04. The lowest BCUT2D eigenvalue weighted by molar-refractivity contribution is 0.496. The summed E-state index contributed by atoms with van der Waals surface area (Å²) in [5, 5.41) is 0. The maximum absolute atomic E-state index is 2.40. The van der Waals surface area contributed by atoms with Crippen LogP contribution < -0.4 is 0 Å². The van der Waals surface area contributed by atoms with Gasteiger partial charge in [0.25, 0.3) is 0 Å². The van der Waals surface area contributed by atoms with Crippen LogP contribution >= 0.6 is 7.92 Å². The predicted molar refractivity (Wildman–Crippen MR) is 84.6 cm³/mol. The van der Waals surface area contributed by atoms with Crippen LogP contribution in [0.2, 0.25) is 0 Å². The van der Waals surface area contributed by atoms with Crippen LogP contribution in [-0.4, -0.2) is 18.5 Å². The molecule has 0 aliphatic heterocycles. The van der Waals surface area contributed by atoms with Gasteiger partial charge >= 0.3 is 0 Å². The molecule has 1 atom stereocenters. The summed E-state index contributed by atoms with van der Waals surface area (Å²) < 4.78 is 0. The van der Waals surface area contributed by atoms with Crippen molar-refractivity contribution in [2.24, 2.45) is 5.92 Å². The molecule has 0 aromatic heterocycles. The molecule has 0 nitrogen and oxygen atoms in total. The largest absolute Gasteiger partial charge is 0.106 e. The van der Waals surface area contributed by atoms with E-state index in [1.54, 1.807) is 18.5 Å². The Morgan fingerprint density at radius 2 is 1.29 bits per heavy atom. The van der Waals surface area contributed by atoms with E-state index in [2.05, 4.69) is 27.7 Å². The second-order valence-electron chi connectivity index (χ2n) is 5.42. The van der Waals surface area contributed by atoms with Gasteiger partial charge in [-0.1, -0.05) is 66.2 Å². The average Bonchev–Trinajstić information content (AvgIpc) is 2.36. The van der Waals surface area contributed by atoms with Crippen molar-refractivity contribution in [1.29, 1.82) is 0 Å². The van der Waals surface area contributed by atoms with E-state index in [0.29, 0.717) is 7.92 Å². The monoisotopic (exact) mass is 258 g/mol. The van der Waals surface area contributed by atoms with Crippen LogP contribution in [0.25, 0.3) is 0 Å². The predicted octanol–water partition coefficient (Wildman–Crippen LogP) is 6.28. The molecular weight excluding hydrogens is 223 g/mol. The summed E-state index contributed by atoms with van der Waals surface area (Å²) in [6.07, 6.45) is 16.1. The van der Waals surface area contributed by atoms with Gasteiger partial charge in [-0.25, -0.2) is 0 Å². The maximum Gasteiger partial charge on any atom is -0.0297 e. The lowest BCUT2D eigenvalue weighted by Gasteiger charge is -2.23. The van der Waals surface area contributed by atoms with Gasteiger partial charge in [-0.2, -0.15) is 0 Å². The minimum absolute atomic E-state index is 0.366. The zero-order valence-corrected chi connectivity index (χ0v) is 13.7. The lowest BCUT2D eigenvalue weighted by Crippen LogP contribution is -2.07. The van der Waals surface area contributed by atoms with Gasteiger partial charge in [-0.05, 0) is 37.2 Å². The lowest BCUT2D eigenvalue weighted by atomic mass is 10.0. The normalized spacial score (nSPS) is 13.2.